The van der Waals surface area contributed by atoms with E-state index in [1.807, 2.05) is 12.1 Å². The molecule has 0 radical (unpaired) electrons. The van der Waals surface area contributed by atoms with Crippen LogP contribution in [-0.4, -0.2) is 24.4 Å². The van der Waals surface area contributed by atoms with Gasteiger partial charge in [-0.25, -0.2) is 4.98 Å². The summed E-state index contributed by atoms with van der Waals surface area (Å²) in [6, 6.07) is 9.31. The second-order valence-corrected chi connectivity index (χ2v) is 6.79. The highest BCUT2D eigenvalue weighted by Crippen LogP contribution is 2.31. The van der Waals surface area contributed by atoms with Gasteiger partial charge in [-0.15, -0.1) is 11.8 Å². The number of aromatic nitrogens is 1. The summed E-state index contributed by atoms with van der Waals surface area (Å²) in [5, 5.41) is 19.0. The lowest BCUT2D eigenvalue weighted by Crippen LogP contribution is -2.19. The molecule has 0 atom stereocenters. The number of nitrogens with zero attached hydrogens (tertiary/aromatic N) is 2. The van der Waals surface area contributed by atoms with Crippen molar-refractivity contribution in [3.8, 4) is 17.9 Å². The van der Waals surface area contributed by atoms with Crippen LogP contribution in [0.2, 0.25) is 0 Å². The number of alkyl halides is 2. The van der Waals surface area contributed by atoms with E-state index < -0.39 is 6.61 Å². The van der Waals surface area contributed by atoms with Crippen molar-refractivity contribution in [1.82, 2.24) is 0 Å². The number of benzene rings is 1. The minimum absolute atomic E-state index is 0.0145. The minimum atomic E-state index is -2.94. The first-order chi connectivity index (χ1) is 12.9. The molecule has 6 nitrogen and oxygen atoms in total. The number of nitriles is 2. The molecule has 0 aliphatic rings. The lowest BCUT2D eigenvalue weighted by atomic mass is 10.1. The molecule has 0 saturated carbocycles. The molecule has 2 rings (SSSR count). The van der Waals surface area contributed by atoms with E-state index in [9.17, 15) is 24.1 Å². The standard InChI is InChI=1S/C17H12F2N4O2S2/c1-26-14-11(6-20)15(22)23-16(12(14)7-21)27-8-13(24)9-2-4-10(5-3-9)25-17(18)19/h2-5,17H,8H2,1H3,(H2,22,23)/p+1. The van der Waals surface area contributed by atoms with Crippen molar-refractivity contribution in [3.05, 3.63) is 41.0 Å². The fourth-order valence-corrected chi connectivity index (χ4v) is 3.86. The Morgan fingerprint density at radius 1 is 1.26 bits per heavy atom. The molecule has 27 heavy (non-hydrogen) atoms. The number of nitrogen functional groups attached to an aromatic ring is 1. The van der Waals surface area contributed by atoms with E-state index in [-0.39, 0.29) is 34.2 Å². The first-order valence-electron chi connectivity index (χ1n) is 7.35. The number of Topliss-reactive ketones (excluding diaryl/α,β-unsaturated/α-hetero) is 1. The number of pyridine rings is 1. The second-order valence-electron chi connectivity index (χ2n) is 4.99. The van der Waals surface area contributed by atoms with E-state index in [4.69, 9.17) is 5.73 Å². The predicted molar refractivity (Wildman–Crippen MR) is 96.7 cm³/mol. The molecule has 0 bridgehead atoms. The summed E-state index contributed by atoms with van der Waals surface area (Å²) in [5.41, 5.74) is 6.57. The number of ketones is 1. The van der Waals surface area contributed by atoms with Crippen LogP contribution in [0, 0.1) is 22.7 Å². The molecule has 0 fully saturated rings. The summed E-state index contributed by atoms with van der Waals surface area (Å²) in [7, 11) is 0. The van der Waals surface area contributed by atoms with Crippen molar-refractivity contribution in [1.29, 1.82) is 10.5 Å². The van der Waals surface area contributed by atoms with Crippen molar-refractivity contribution in [2.45, 2.75) is 16.5 Å². The topological polar surface area (TPSA) is 114 Å². The number of hydrogen-bond acceptors (Lipinski definition) is 7. The van der Waals surface area contributed by atoms with Crippen LogP contribution in [0.15, 0.2) is 34.2 Å². The number of carbonyl (C=O) groups excluding carboxylic acids is 1. The van der Waals surface area contributed by atoms with Gasteiger partial charge in [0, 0.05) is 5.56 Å². The van der Waals surface area contributed by atoms with Gasteiger partial charge in [-0.05, 0) is 30.5 Å². The van der Waals surface area contributed by atoms with Gasteiger partial charge in [-0.2, -0.15) is 19.3 Å². The van der Waals surface area contributed by atoms with Crippen LogP contribution in [0.4, 0.5) is 14.6 Å². The van der Waals surface area contributed by atoms with E-state index in [1.54, 1.807) is 6.26 Å². The Morgan fingerprint density at radius 2 is 1.89 bits per heavy atom. The van der Waals surface area contributed by atoms with Gasteiger partial charge in [0.25, 0.3) is 5.82 Å². The predicted octanol–water partition coefficient (Wildman–Crippen LogP) is 3.12. The molecule has 3 N–H and O–H groups in total. The molecule has 0 saturated heterocycles. The smallest absolute Gasteiger partial charge is 0.387 e. The van der Waals surface area contributed by atoms with Gasteiger partial charge in [-0.1, -0.05) is 11.8 Å². The van der Waals surface area contributed by atoms with Crippen LogP contribution < -0.4 is 15.5 Å². The van der Waals surface area contributed by atoms with Crippen LogP contribution >= 0.6 is 23.5 Å². The number of hydrogen-bond donors (Lipinski definition) is 1. The molecule has 1 heterocycles. The van der Waals surface area contributed by atoms with Crippen molar-refractivity contribution in [2.24, 2.45) is 0 Å². The number of aromatic amines is 1. The normalized spacial score (nSPS) is 10.3. The van der Waals surface area contributed by atoms with Crippen LogP contribution in [0.3, 0.4) is 0 Å². The Balaban J connectivity index is 2.19. The van der Waals surface area contributed by atoms with E-state index in [0.29, 0.717) is 15.5 Å². The number of H-pyrrole nitrogens is 1. The highest BCUT2D eigenvalue weighted by Gasteiger charge is 2.22. The lowest BCUT2D eigenvalue weighted by molar-refractivity contribution is -0.410. The SMILES string of the molecule is CSc1c(C#N)c(N)[nH+]c(SCC(=O)c2ccc(OC(F)F)cc2)c1C#N. The van der Waals surface area contributed by atoms with Gasteiger partial charge in [0.1, 0.15) is 23.5 Å². The third-order valence-electron chi connectivity index (χ3n) is 3.38. The number of nitrogens with two attached hydrogens (primary N) is 1. The quantitative estimate of drug-likeness (QED) is 0.554. The molecular formula is C17H13F2N4O2S2+. The summed E-state index contributed by atoms with van der Waals surface area (Å²) < 4.78 is 28.5. The first kappa shape index (κ1) is 20.5. The highest BCUT2D eigenvalue weighted by atomic mass is 32.2. The fraction of sp³-hybridized carbons (Fsp3) is 0.176. The Bertz CT molecular complexity index is 938. The number of thioether (sulfide) groups is 2. The van der Waals surface area contributed by atoms with Crippen LogP contribution in [0.5, 0.6) is 5.75 Å². The Morgan fingerprint density at radius 3 is 2.41 bits per heavy atom. The molecule has 1 aromatic heterocycles. The molecule has 0 amide bonds. The summed E-state index contributed by atoms with van der Waals surface area (Å²) in [6.07, 6.45) is 1.72. The zero-order valence-electron chi connectivity index (χ0n) is 14.0. The monoisotopic (exact) mass is 407 g/mol. The number of anilines is 1. The van der Waals surface area contributed by atoms with Gasteiger partial charge >= 0.3 is 6.61 Å². The third kappa shape index (κ3) is 4.88. The number of nitrogens with one attached hydrogen (secondary N) is 1. The third-order valence-corrected chi connectivity index (χ3v) is 5.19. The van der Waals surface area contributed by atoms with Gasteiger partial charge < -0.3 is 4.74 Å². The van der Waals surface area contributed by atoms with Gasteiger partial charge in [0.2, 0.25) is 0 Å². The molecule has 2 aromatic rings. The van der Waals surface area contributed by atoms with Crippen LogP contribution in [-0.2, 0) is 0 Å². The van der Waals surface area contributed by atoms with Crippen LogP contribution in [0.1, 0.15) is 21.5 Å². The summed E-state index contributed by atoms with van der Waals surface area (Å²) in [5.74, 6) is -0.211. The van der Waals surface area contributed by atoms with Gasteiger partial charge in [0.15, 0.2) is 16.4 Å². The molecule has 0 aliphatic heterocycles. The number of carbonyl (C=O) groups is 1. The Kier molecular flexibility index (Phi) is 6.99. The maximum atomic E-state index is 12.3. The zero-order chi connectivity index (χ0) is 20.0. The Hall–Kier alpha value is -2.82. The van der Waals surface area contributed by atoms with Crippen molar-refractivity contribution < 1.29 is 23.3 Å². The van der Waals surface area contributed by atoms with E-state index in [2.05, 4.69) is 9.72 Å². The average molecular weight is 407 g/mol. The van der Waals surface area contributed by atoms with E-state index >= 15 is 0 Å². The van der Waals surface area contributed by atoms with Crippen molar-refractivity contribution in [3.63, 3.8) is 0 Å². The zero-order valence-corrected chi connectivity index (χ0v) is 15.6. The highest BCUT2D eigenvalue weighted by molar-refractivity contribution is 8.00. The molecule has 1 aromatic carbocycles. The molecule has 138 valence electrons. The maximum Gasteiger partial charge on any atom is 0.387 e. The number of ether oxygens (including phenoxy) is 1. The van der Waals surface area contributed by atoms with Crippen molar-refractivity contribution in [2.75, 3.05) is 17.7 Å². The van der Waals surface area contributed by atoms with Gasteiger partial charge in [0.05, 0.1) is 10.6 Å². The minimum Gasteiger partial charge on any atom is -0.435 e. The van der Waals surface area contributed by atoms with E-state index in [1.165, 1.54) is 36.0 Å². The molecule has 0 aliphatic carbocycles. The van der Waals surface area contributed by atoms with Crippen molar-refractivity contribution >= 4 is 35.1 Å². The van der Waals surface area contributed by atoms with Crippen LogP contribution in [0.25, 0.3) is 0 Å². The number of halogens is 2. The summed E-state index contributed by atoms with van der Waals surface area (Å²) in [6.45, 7) is -2.94. The summed E-state index contributed by atoms with van der Waals surface area (Å²) in [4.78, 5) is 15.5. The molecule has 0 unspecified atom stereocenters. The number of rotatable bonds is 7. The molecule has 0 spiro atoms. The van der Waals surface area contributed by atoms with E-state index in [0.717, 1.165) is 11.8 Å². The molecular weight excluding hydrogens is 394 g/mol. The first-order valence-corrected chi connectivity index (χ1v) is 9.56. The Labute approximate surface area is 162 Å². The van der Waals surface area contributed by atoms with Gasteiger partial charge in [-0.3, -0.25) is 10.5 Å². The second kappa shape index (κ2) is 9.21. The largest absolute Gasteiger partial charge is 0.435 e. The molecule has 10 heteroatoms. The fourth-order valence-electron chi connectivity index (χ4n) is 2.17. The maximum absolute atomic E-state index is 12.3. The summed E-state index contributed by atoms with van der Waals surface area (Å²) >= 11 is 2.29. The average Bonchev–Trinajstić information content (AvgIpc) is 2.65. The lowest BCUT2D eigenvalue weighted by Gasteiger charge is -2.08.